The first kappa shape index (κ1) is 8.45. The summed E-state index contributed by atoms with van der Waals surface area (Å²) in [5, 5.41) is 9.95. The minimum Gasteiger partial charge on any atom is -0.382 e. The summed E-state index contributed by atoms with van der Waals surface area (Å²) in [6, 6.07) is 1.67. The van der Waals surface area contributed by atoms with Gasteiger partial charge >= 0.3 is 0 Å². The zero-order valence-corrected chi connectivity index (χ0v) is 7.05. The van der Waals surface area contributed by atoms with Gasteiger partial charge < -0.3 is 11.1 Å². The maximum Gasteiger partial charge on any atom is 0.223 e. The van der Waals surface area contributed by atoms with Crippen molar-refractivity contribution in [2.75, 3.05) is 12.4 Å². The Kier molecular flexibility index (Phi) is 2.23. The SMILES string of the molecule is CNc1nc(C)cc(C(=N)N)n1. The molecule has 0 saturated heterocycles. The molecule has 64 valence electrons. The van der Waals surface area contributed by atoms with Gasteiger partial charge in [-0.3, -0.25) is 5.41 Å². The van der Waals surface area contributed by atoms with Gasteiger partial charge in [0.05, 0.1) is 0 Å². The number of hydrogen-bond acceptors (Lipinski definition) is 4. The molecule has 4 N–H and O–H groups in total. The first-order valence-electron chi connectivity index (χ1n) is 3.51. The van der Waals surface area contributed by atoms with E-state index in [9.17, 15) is 0 Å². The number of aromatic nitrogens is 2. The molecule has 0 aliphatic heterocycles. The summed E-state index contributed by atoms with van der Waals surface area (Å²) in [6.45, 7) is 1.83. The van der Waals surface area contributed by atoms with E-state index in [1.165, 1.54) is 0 Å². The Hall–Kier alpha value is -1.65. The van der Waals surface area contributed by atoms with Gasteiger partial charge in [0, 0.05) is 12.7 Å². The maximum atomic E-state index is 7.16. The van der Waals surface area contributed by atoms with Crippen molar-refractivity contribution < 1.29 is 0 Å². The lowest BCUT2D eigenvalue weighted by molar-refractivity contribution is 1.08. The van der Waals surface area contributed by atoms with Gasteiger partial charge in [-0.25, -0.2) is 9.97 Å². The van der Waals surface area contributed by atoms with Crippen molar-refractivity contribution in [2.24, 2.45) is 5.73 Å². The summed E-state index contributed by atoms with van der Waals surface area (Å²) in [7, 11) is 1.72. The van der Waals surface area contributed by atoms with Crippen molar-refractivity contribution in [3.8, 4) is 0 Å². The minimum atomic E-state index is -0.0444. The largest absolute Gasteiger partial charge is 0.382 e. The number of nitrogens with two attached hydrogens (primary N) is 1. The van der Waals surface area contributed by atoms with Crippen molar-refractivity contribution in [1.82, 2.24) is 9.97 Å². The zero-order valence-electron chi connectivity index (χ0n) is 7.05. The van der Waals surface area contributed by atoms with E-state index >= 15 is 0 Å². The monoisotopic (exact) mass is 165 g/mol. The van der Waals surface area contributed by atoms with Crippen LogP contribution in [0, 0.1) is 12.3 Å². The second-order valence-corrected chi connectivity index (χ2v) is 2.38. The van der Waals surface area contributed by atoms with Crippen molar-refractivity contribution in [2.45, 2.75) is 6.92 Å². The molecule has 0 atom stereocenters. The van der Waals surface area contributed by atoms with E-state index in [-0.39, 0.29) is 5.84 Å². The standard InChI is InChI=1S/C7H11N5/c1-4-3-5(6(8)9)12-7(10-2)11-4/h3H,1-2H3,(H3,8,9)(H,10,11,12). The lowest BCUT2D eigenvalue weighted by Crippen LogP contribution is -2.15. The van der Waals surface area contributed by atoms with Crippen LogP contribution in [0.4, 0.5) is 5.95 Å². The van der Waals surface area contributed by atoms with Crippen molar-refractivity contribution in [1.29, 1.82) is 5.41 Å². The predicted molar refractivity (Wildman–Crippen MR) is 47.3 cm³/mol. The normalized spacial score (nSPS) is 9.50. The van der Waals surface area contributed by atoms with E-state index in [1.54, 1.807) is 13.1 Å². The van der Waals surface area contributed by atoms with Crippen LogP contribution in [-0.2, 0) is 0 Å². The third kappa shape index (κ3) is 1.69. The molecule has 0 spiro atoms. The number of nitrogen functional groups attached to an aromatic ring is 1. The molecule has 12 heavy (non-hydrogen) atoms. The molecule has 0 aliphatic carbocycles. The summed E-state index contributed by atoms with van der Waals surface area (Å²) in [6.07, 6.45) is 0. The van der Waals surface area contributed by atoms with E-state index in [4.69, 9.17) is 11.1 Å². The van der Waals surface area contributed by atoms with Crippen LogP contribution in [0.2, 0.25) is 0 Å². The number of aryl methyl sites for hydroxylation is 1. The second-order valence-electron chi connectivity index (χ2n) is 2.38. The molecule has 0 saturated carbocycles. The Balaban J connectivity index is 3.15. The van der Waals surface area contributed by atoms with Crippen LogP contribution < -0.4 is 11.1 Å². The van der Waals surface area contributed by atoms with Crippen molar-refractivity contribution >= 4 is 11.8 Å². The molecule has 0 fully saturated rings. The van der Waals surface area contributed by atoms with E-state index < -0.39 is 0 Å². The highest BCUT2D eigenvalue weighted by molar-refractivity contribution is 5.93. The fourth-order valence-electron chi connectivity index (χ4n) is 0.818. The molecule has 0 aromatic carbocycles. The average Bonchev–Trinajstić information content (AvgIpc) is 2.03. The smallest absolute Gasteiger partial charge is 0.223 e. The molecule has 5 nitrogen and oxygen atoms in total. The third-order valence-electron chi connectivity index (χ3n) is 1.35. The van der Waals surface area contributed by atoms with E-state index in [2.05, 4.69) is 15.3 Å². The van der Waals surface area contributed by atoms with Crippen molar-refractivity contribution in [3.05, 3.63) is 17.5 Å². The van der Waals surface area contributed by atoms with Gasteiger partial charge in [0.25, 0.3) is 0 Å². The van der Waals surface area contributed by atoms with Gasteiger partial charge in [-0.2, -0.15) is 0 Å². The molecule has 0 aliphatic rings. The van der Waals surface area contributed by atoms with Crippen LogP contribution in [0.1, 0.15) is 11.4 Å². The number of amidine groups is 1. The number of nitrogens with one attached hydrogen (secondary N) is 2. The first-order chi connectivity index (χ1) is 5.63. The van der Waals surface area contributed by atoms with Gasteiger partial charge in [-0.1, -0.05) is 0 Å². The highest BCUT2D eigenvalue weighted by Gasteiger charge is 2.01. The van der Waals surface area contributed by atoms with Crippen molar-refractivity contribution in [3.63, 3.8) is 0 Å². The quantitative estimate of drug-likeness (QED) is 0.428. The molecule has 1 rings (SSSR count). The first-order valence-corrected chi connectivity index (χ1v) is 3.51. The summed E-state index contributed by atoms with van der Waals surface area (Å²) < 4.78 is 0. The highest BCUT2D eigenvalue weighted by atomic mass is 15.1. The molecule has 1 aromatic rings. The van der Waals surface area contributed by atoms with Crippen LogP contribution in [0.5, 0.6) is 0 Å². The number of rotatable bonds is 2. The number of nitrogens with zero attached hydrogens (tertiary/aromatic N) is 2. The lowest BCUT2D eigenvalue weighted by atomic mass is 10.3. The number of hydrogen-bond donors (Lipinski definition) is 3. The zero-order chi connectivity index (χ0) is 9.14. The molecule has 5 heteroatoms. The van der Waals surface area contributed by atoms with Gasteiger partial charge in [0.1, 0.15) is 11.5 Å². The Labute approximate surface area is 70.5 Å². The minimum absolute atomic E-state index is 0.0444. The summed E-state index contributed by atoms with van der Waals surface area (Å²) in [5.74, 6) is 0.442. The molecule has 0 radical (unpaired) electrons. The third-order valence-corrected chi connectivity index (χ3v) is 1.35. The molecule has 0 bridgehead atoms. The Morgan fingerprint density at radius 1 is 1.58 bits per heavy atom. The fraction of sp³-hybridized carbons (Fsp3) is 0.286. The van der Waals surface area contributed by atoms with Crippen LogP contribution in [0.15, 0.2) is 6.07 Å². The number of anilines is 1. The average molecular weight is 165 g/mol. The lowest BCUT2D eigenvalue weighted by Gasteiger charge is -2.02. The van der Waals surface area contributed by atoms with E-state index in [0.29, 0.717) is 11.6 Å². The van der Waals surface area contributed by atoms with Crippen LogP contribution in [-0.4, -0.2) is 22.9 Å². The summed E-state index contributed by atoms with van der Waals surface area (Å²) in [5.41, 5.74) is 6.51. The van der Waals surface area contributed by atoms with Gasteiger partial charge in [0.15, 0.2) is 0 Å². The molecular formula is C7H11N5. The Morgan fingerprint density at radius 2 is 2.25 bits per heavy atom. The highest BCUT2D eigenvalue weighted by Crippen LogP contribution is 2.02. The van der Waals surface area contributed by atoms with E-state index in [0.717, 1.165) is 5.69 Å². The topological polar surface area (TPSA) is 87.7 Å². The Morgan fingerprint density at radius 3 is 2.75 bits per heavy atom. The molecule has 1 heterocycles. The molecule has 0 unspecified atom stereocenters. The van der Waals surface area contributed by atoms with Gasteiger partial charge in [-0.05, 0) is 13.0 Å². The van der Waals surface area contributed by atoms with E-state index in [1.807, 2.05) is 6.92 Å². The van der Waals surface area contributed by atoms with Crippen LogP contribution in [0.3, 0.4) is 0 Å². The summed E-state index contributed by atoms with van der Waals surface area (Å²) in [4.78, 5) is 8.04. The Bertz CT molecular complexity index is 307. The van der Waals surface area contributed by atoms with Gasteiger partial charge in [0.2, 0.25) is 5.95 Å². The van der Waals surface area contributed by atoms with Crippen LogP contribution >= 0.6 is 0 Å². The summed E-state index contributed by atoms with van der Waals surface area (Å²) >= 11 is 0. The molecular weight excluding hydrogens is 154 g/mol. The maximum absolute atomic E-state index is 7.16. The second kappa shape index (κ2) is 3.17. The van der Waals surface area contributed by atoms with Crippen LogP contribution in [0.25, 0.3) is 0 Å². The van der Waals surface area contributed by atoms with Gasteiger partial charge in [-0.15, -0.1) is 0 Å². The predicted octanol–water partition coefficient (Wildman–Crippen LogP) is 0.111. The fourth-order valence-corrected chi connectivity index (χ4v) is 0.818. The molecule has 1 aromatic heterocycles. The molecule has 0 amide bonds.